The van der Waals surface area contributed by atoms with Crippen LogP contribution in [0.15, 0.2) is 52.9 Å². The molecule has 26 heavy (non-hydrogen) atoms. The second-order valence-electron chi connectivity index (χ2n) is 5.05. The first-order valence-electron chi connectivity index (χ1n) is 7.56. The summed E-state index contributed by atoms with van der Waals surface area (Å²) in [7, 11) is 1.57. The fourth-order valence-corrected chi connectivity index (χ4v) is 3.59. The van der Waals surface area contributed by atoms with E-state index in [-0.39, 0.29) is 17.5 Å². The van der Waals surface area contributed by atoms with E-state index in [1.54, 1.807) is 49.6 Å². The van der Waals surface area contributed by atoms with Crippen LogP contribution < -0.4 is 15.4 Å². The van der Waals surface area contributed by atoms with Gasteiger partial charge in [-0.1, -0.05) is 41.3 Å². The zero-order valence-electron chi connectivity index (χ0n) is 13.7. The fourth-order valence-electron chi connectivity index (χ4n) is 2.02. The Morgan fingerprint density at radius 3 is 2.88 bits per heavy atom. The molecule has 0 unspecified atom stereocenters. The number of methoxy groups -OCH3 is 1. The van der Waals surface area contributed by atoms with Gasteiger partial charge in [0, 0.05) is 11.8 Å². The molecule has 1 heterocycles. The van der Waals surface area contributed by atoms with Crippen LogP contribution in [0.3, 0.4) is 0 Å². The third-order valence-corrected chi connectivity index (χ3v) is 5.17. The van der Waals surface area contributed by atoms with Crippen molar-refractivity contribution in [2.75, 3.05) is 23.5 Å². The monoisotopic (exact) mass is 390 g/mol. The number of amides is 1. The van der Waals surface area contributed by atoms with Crippen LogP contribution in [-0.2, 0) is 4.79 Å². The van der Waals surface area contributed by atoms with Gasteiger partial charge >= 0.3 is 0 Å². The van der Waals surface area contributed by atoms with Gasteiger partial charge in [0.15, 0.2) is 4.34 Å². The number of thioether (sulfide) groups is 1. The average Bonchev–Trinajstić information content (AvgIpc) is 3.09. The van der Waals surface area contributed by atoms with Crippen LogP contribution in [0.25, 0.3) is 0 Å². The smallest absolute Gasteiger partial charge is 0.234 e. The van der Waals surface area contributed by atoms with E-state index in [1.807, 2.05) is 0 Å². The van der Waals surface area contributed by atoms with Crippen molar-refractivity contribution in [2.45, 2.75) is 4.34 Å². The average molecular weight is 390 g/mol. The van der Waals surface area contributed by atoms with E-state index < -0.39 is 0 Å². The lowest BCUT2D eigenvalue weighted by Gasteiger charge is -2.06. The SMILES string of the molecule is COc1cccc(NC(=O)CSc2nnc(Nc3ccccc3F)s2)c1. The van der Waals surface area contributed by atoms with Crippen molar-refractivity contribution in [3.63, 3.8) is 0 Å². The predicted molar refractivity (Wildman–Crippen MR) is 102 cm³/mol. The third-order valence-electron chi connectivity index (χ3n) is 3.20. The molecular formula is C17H15FN4O2S2. The Morgan fingerprint density at radius 2 is 2.08 bits per heavy atom. The third kappa shape index (κ3) is 4.93. The number of nitrogens with one attached hydrogen (secondary N) is 2. The number of anilines is 3. The molecule has 2 aromatic carbocycles. The minimum atomic E-state index is -0.366. The Morgan fingerprint density at radius 1 is 1.23 bits per heavy atom. The van der Waals surface area contributed by atoms with Crippen LogP contribution in [0.4, 0.5) is 20.9 Å². The van der Waals surface area contributed by atoms with Crippen LogP contribution in [0.5, 0.6) is 5.75 Å². The molecule has 0 spiro atoms. The minimum absolute atomic E-state index is 0.165. The summed E-state index contributed by atoms with van der Waals surface area (Å²) in [6.07, 6.45) is 0. The van der Waals surface area contributed by atoms with Gasteiger partial charge in [0.1, 0.15) is 11.6 Å². The first-order valence-corrected chi connectivity index (χ1v) is 9.36. The van der Waals surface area contributed by atoms with Gasteiger partial charge in [-0.25, -0.2) is 4.39 Å². The largest absolute Gasteiger partial charge is 0.497 e. The molecule has 2 N–H and O–H groups in total. The fraction of sp³-hybridized carbons (Fsp3) is 0.118. The van der Waals surface area contributed by atoms with E-state index >= 15 is 0 Å². The summed E-state index contributed by atoms with van der Waals surface area (Å²) < 4.78 is 19.4. The topological polar surface area (TPSA) is 76.1 Å². The van der Waals surface area contributed by atoms with Crippen LogP contribution in [0.2, 0.25) is 0 Å². The molecule has 3 aromatic rings. The quantitative estimate of drug-likeness (QED) is 0.590. The van der Waals surface area contributed by atoms with Crippen molar-refractivity contribution < 1.29 is 13.9 Å². The molecule has 3 rings (SSSR count). The summed E-state index contributed by atoms with van der Waals surface area (Å²) in [5.74, 6) is 0.325. The first kappa shape index (κ1) is 18.2. The van der Waals surface area contributed by atoms with E-state index in [4.69, 9.17) is 4.74 Å². The molecule has 0 saturated carbocycles. The van der Waals surface area contributed by atoms with Crippen molar-refractivity contribution in [2.24, 2.45) is 0 Å². The van der Waals surface area contributed by atoms with Gasteiger partial charge in [-0.2, -0.15) is 0 Å². The van der Waals surface area contributed by atoms with E-state index in [2.05, 4.69) is 20.8 Å². The number of rotatable bonds is 7. The molecule has 0 radical (unpaired) electrons. The molecule has 1 amide bonds. The van der Waals surface area contributed by atoms with Crippen molar-refractivity contribution in [1.29, 1.82) is 0 Å². The van der Waals surface area contributed by atoms with Gasteiger partial charge in [-0.15, -0.1) is 10.2 Å². The summed E-state index contributed by atoms with van der Waals surface area (Å²) in [5.41, 5.74) is 0.991. The number of ether oxygens (including phenoxy) is 1. The van der Waals surface area contributed by atoms with Gasteiger partial charge in [0.2, 0.25) is 11.0 Å². The number of nitrogens with zero attached hydrogens (tertiary/aromatic N) is 2. The molecule has 1 aromatic heterocycles. The Balaban J connectivity index is 1.52. The minimum Gasteiger partial charge on any atom is -0.497 e. The number of hydrogen-bond donors (Lipinski definition) is 2. The maximum absolute atomic E-state index is 13.6. The standard InChI is InChI=1S/C17H15FN4O2S2/c1-24-12-6-4-5-11(9-12)19-15(23)10-25-17-22-21-16(26-17)20-14-8-3-2-7-13(14)18/h2-9H,10H2,1H3,(H,19,23)(H,20,21). The van der Waals surface area contributed by atoms with Crippen molar-refractivity contribution in [3.8, 4) is 5.75 Å². The van der Waals surface area contributed by atoms with Crippen molar-refractivity contribution in [1.82, 2.24) is 10.2 Å². The lowest BCUT2D eigenvalue weighted by molar-refractivity contribution is -0.113. The molecule has 9 heteroatoms. The molecule has 0 aliphatic rings. The van der Waals surface area contributed by atoms with E-state index in [9.17, 15) is 9.18 Å². The molecule has 0 aliphatic carbocycles. The molecule has 0 saturated heterocycles. The highest BCUT2D eigenvalue weighted by molar-refractivity contribution is 8.01. The maximum Gasteiger partial charge on any atom is 0.234 e. The second-order valence-corrected chi connectivity index (χ2v) is 7.25. The van der Waals surface area contributed by atoms with Crippen LogP contribution in [0.1, 0.15) is 0 Å². The molecule has 6 nitrogen and oxygen atoms in total. The molecule has 0 aliphatic heterocycles. The van der Waals surface area contributed by atoms with Crippen LogP contribution in [-0.4, -0.2) is 29.0 Å². The highest BCUT2D eigenvalue weighted by Gasteiger charge is 2.10. The van der Waals surface area contributed by atoms with Gasteiger partial charge in [0.25, 0.3) is 0 Å². The number of halogens is 1. The van der Waals surface area contributed by atoms with Gasteiger partial charge in [0.05, 0.1) is 18.6 Å². The molecule has 0 fully saturated rings. The number of carbonyl (C=O) groups excluding carboxylic acids is 1. The molecular weight excluding hydrogens is 375 g/mol. The normalized spacial score (nSPS) is 10.4. The Hall–Kier alpha value is -2.65. The lowest BCUT2D eigenvalue weighted by atomic mass is 10.3. The molecule has 0 bridgehead atoms. The number of hydrogen-bond acceptors (Lipinski definition) is 7. The summed E-state index contributed by atoms with van der Waals surface area (Å²) in [6, 6.07) is 13.4. The van der Waals surface area contributed by atoms with Crippen molar-refractivity contribution >= 4 is 45.5 Å². The van der Waals surface area contributed by atoms with E-state index in [0.29, 0.717) is 26.6 Å². The van der Waals surface area contributed by atoms with Gasteiger partial charge < -0.3 is 15.4 Å². The number of benzene rings is 2. The van der Waals surface area contributed by atoms with Gasteiger partial charge in [-0.3, -0.25) is 4.79 Å². The number of carbonyl (C=O) groups is 1. The van der Waals surface area contributed by atoms with Gasteiger partial charge in [-0.05, 0) is 24.3 Å². The summed E-state index contributed by atoms with van der Waals surface area (Å²) in [6.45, 7) is 0. The van der Waals surface area contributed by atoms with Crippen molar-refractivity contribution in [3.05, 3.63) is 54.3 Å². The Kier molecular flexibility index (Phi) is 6.03. The van der Waals surface area contributed by atoms with E-state index in [0.717, 1.165) is 0 Å². The predicted octanol–water partition coefficient (Wildman–Crippen LogP) is 4.16. The highest BCUT2D eigenvalue weighted by atomic mass is 32.2. The summed E-state index contributed by atoms with van der Waals surface area (Å²) in [4.78, 5) is 12.0. The first-order chi connectivity index (χ1) is 12.6. The second kappa shape index (κ2) is 8.63. The number of para-hydroxylation sites is 1. The van der Waals surface area contributed by atoms with E-state index in [1.165, 1.54) is 29.2 Å². The zero-order valence-corrected chi connectivity index (χ0v) is 15.4. The Labute approximate surface area is 157 Å². The van der Waals surface area contributed by atoms with Crippen LogP contribution in [0, 0.1) is 5.82 Å². The number of aromatic nitrogens is 2. The Bertz CT molecular complexity index is 904. The molecule has 0 atom stereocenters. The molecule has 134 valence electrons. The summed E-state index contributed by atoms with van der Waals surface area (Å²) >= 11 is 2.51. The summed E-state index contributed by atoms with van der Waals surface area (Å²) in [5, 5.41) is 14.1. The van der Waals surface area contributed by atoms with Crippen LogP contribution >= 0.6 is 23.1 Å². The lowest BCUT2D eigenvalue weighted by Crippen LogP contribution is -2.13. The maximum atomic E-state index is 13.6. The zero-order chi connectivity index (χ0) is 18.4. The highest BCUT2D eigenvalue weighted by Crippen LogP contribution is 2.28.